The summed E-state index contributed by atoms with van der Waals surface area (Å²) in [6.07, 6.45) is 0.648. The fourth-order valence-corrected chi connectivity index (χ4v) is 3.98. The molecule has 0 radical (unpaired) electrons. The number of aromatic hydroxyl groups is 1. The number of phenolic OH excluding ortho intramolecular Hbond substituents is 1. The van der Waals surface area contributed by atoms with Gasteiger partial charge in [-0.1, -0.05) is 38.1 Å². The zero-order valence-corrected chi connectivity index (χ0v) is 18.8. The Morgan fingerprint density at radius 2 is 1.75 bits per heavy atom. The van der Waals surface area contributed by atoms with E-state index in [1.807, 2.05) is 26.0 Å². The molecule has 1 amide bonds. The fourth-order valence-electron chi connectivity index (χ4n) is 3.98. The number of benzene rings is 2. The molecule has 1 unspecified atom stereocenters. The lowest BCUT2D eigenvalue weighted by molar-refractivity contribution is -0.129. The van der Waals surface area contributed by atoms with Gasteiger partial charge in [0.25, 0.3) is 5.91 Å². The van der Waals surface area contributed by atoms with Gasteiger partial charge in [0, 0.05) is 18.5 Å². The molecule has 1 aliphatic rings. The van der Waals surface area contributed by atoms with Crippen molar-refractivity contribution < 1.29 is 29.3 Å². The van der Waals surface area contributed by atoms with Crippen molar-refractivity contribution in [3.8, 4) is 17.2 Å². The fraction of sp³-hybridized carbons (Fsp3) is 0.360. The van der Waals surface area contributed by atoms with Crippen LogP contribution in [0.2, 0.25) is 0 Å². The SMILES string of the molecule is COc1ccc(CCN2C(=O)C(O)=C(C(=O)CC(C)C)C2c2ccccc2O)cc1OC. The molecule has 0 spiro atoms. The molecular weight excluding hydrogens is 410 g/mol. The highest BCUT2D eigenvalue weighted by Gasteiger charge is 2.44. The van der Waals surface area contributed by atoms with Crippen molar-refractivity contribution in [2.24, 2.45) is 5.92 Å². The second-order valence-corrected chi connectivity index (χ2v) is 8.18. The molecule has 2 aromatic carbocycles. The van der Waals surface area contributed by atoms with Crippen molar-refractivity contribution in [2.45, 2.75) is 32.7 Å². The van der Waals surface area contributed by atoms with Gasteiger partial charge in [0.05, 0.1) is 25.8 Å². The van der Waals surface area contributed by atoms with Crippen molar-refractivity contribution >= 4 is 11.7 Å². The Bertz CT molecular complexity index is 1040. The van der Waals surface area contributed by atoms with Gasteiger partial charge in [0.15, 0.2) is 23.0 Å². The summed E-state index contributed by atoms with van der Waals surface area (Å²) in [5, 5.41) is 21.1. The molecule has 32 heavy (non-hydrogen) atoms. The third-order valence-corrected chi connectivity index (χ3v) is 5.52. The molecule has 7 nitrogen and oxygen atoms in total. The van der Waals surface area contributed by atoms with E-state index in [1.165, 1.54) is 11.0 Å². The number of hydrogen-bond donors (Lipinski definition) is 2. The van der Waals surface area contributed by atoms with Crippen molar-refractivity contribution in [3.63, 3.8) is 0 Å². The van der Waals surface area contributed by atoms with E-state index in [1.54, 1.807) is 38.5 Å². The summed E-state index contributed by atoms with van der Waals surface area (Å²) < 4.78 is 10.6. The lowest BCUT2D eigenvalue weighted by Crippen LogP contribution is -2.33. The highest BCUT2D eigenvalue weighted by molar-refractivity contribution is 6.09. The minimum atomic E-state index is -0.852. The third kappa shape index (κ3) is 4.56. The van der Waals surface area contributed by atoms with E-state index in [9.17, 15) is 19.8 Å². The number of ketones is 1. The first kappa shape index (κ1) is 23.2. The highest BCUT2D eigenvalue weighted by atomic mass is 16.5. The Kier molecular flexibility index (Phi) is 7.08. The van der Waals surface area contributed by atoms with Gasteiger partial charge >= 0.3 is 0 Å². The molecule has 0 saturated carbocycles. The number of methoxy groups -OCH3 is 2. The van der Waals surface area contributed by atoms with Crippen LogP contribution < -0.4 is 9.47 Å². The van der Waals surface area contributed by atoms with Gasteiger partial charge in [-0.25, -0.2) is 0 Å². The van der Waals surface area contributed by atoms with Gasteiger partial charge in [0.1, 0.15) is 5.75 Å². The number of carbonyl (C=O) groups excluding carboxylic acids is 2. The Balaban J connectivity index is 1.95. The van der Waals surface area contributed by atoms with Gasteiger partial charge in [-0.3, -0.25) is 9.59 Å². The summed E-state index contributed by atoms with van der Waals surface area (Å²) in [4.78, 5) is 27.4. The first-order chi connectivity index (χ1) is 15.3. The van der Waals surface area contributed by atoms with E-state index in [-0.39, 0.29) is 36.0 Å². The number of carbonyl (C=O) groups is 2. The van der Waals surface area contributed by atoms with Crippen molar-refractivity contribution in [2.75, 3.05) is 20.8 Å². The second kappa shape index (κ2) is 9.77. The standard InChI is InChI=1S/C25H29NO6/c1-15(2)13-19(28)22-23(17-7-5-6-8-18(17)27)26(25(30)24(22)29)12-11-16-9-10-20(31-3)21(14-16)32-4/h5-10,14-15,23,27,29H,11-13H2,1-4H3. The molecule has 1 heterocycles. The molecule has 0 fully saturated rings. The van der Waals surface area contributed by atoms with Crippen LogP contribution in [0.25, 0.3) is 0 Å². The molecule has 2 aromatic rings. The largest absolute Gasteiger partial charge is 0.508 e. The minimum absolute atomic E-state index is 0.0361. The lowest BCUT2D eigenvalue weighted by atomic mass is 9.91. The quantitative estimate of drug-likeness (QED) is 0.614. The highest BCUT2D eigenvalue weighted by Crippen LogP contribution is 2.42. The molecule has 0 aromatic heterocycles. The molecule has 0 bridgehead atoms. The first-order valence-electron chi connectivity index (χ1n) is 10.5. The molecule has 7 heteroatoms. The monoisotopic (exact) mass is 439 g/mol. The maximum absolute atomic E-state index is 13.0. The molecule has 3 rings (SSSR count). The number of ether oxygens (including phenoxy) is 2. The molecular formula is C25H29NO6. The molecule has 0 aliphatic carbocycles. The van der Waals surface area contributed by atoms with Crippen molar-refractivity contribution in [1.82, 2.24) is 4.90 Å². The zero-order valence-electron chi connectivity index (χ0n) is 18.8. The summed E-state index contributed by atoms with van der Waals surface area (Å²) in [6.45, 7) is 4.03. The molecule has 0 saturated heterocycles. The van der Waals surface area contributed by atoms with Crippen LogP contribution in [0.15, 0.2) is 53.8 Å². The zero-order chi connectivity index (χ0) is 23.4. The normalized spacial score (nSPS) is 16.1. The topological polar surface area (TPSA) is 96.3 Å². The van der Waals surface area contributed by atoms with E-state index in [2.05, 4.69) is 0 Å². The Hall–Kier alpha value is -3.48. The minimum Gasteiger partial charge on any atom is -0.508 e. The van der Waals surface area contributed by atoms with E-state index >= 15 is 0 Å². The predicted octanol–water partition coefficient (Wildman–Crippen LogP) is 3.96. The number of aliphatic hydroxyl groups is 1. The number of phenols is 1. The average molecular weight is 440 g/mol. The van der Waals surface area contributed by atoms with Crippen LogP contribution in [-0.2, 0) is 16.0 Å². The predicted molar refractivity (Wildman–Crippen MR) is 120 cm³/mol. The summed E-state index contributed by atoms with van der Waals surface area (Å²) >= 11 is 0. The van der Waals surface area contributed by atoms with Gasteiger partial charge < -0.3 is 24.6 Å². The summed E-state index contributed by atoms with van der Waals surface area (Å²) in [5.41, 5.74) is 1.34. The van der Waals surface area contributed by atoms with E-state index in [0.717, 1.165) is 5.56 Å². The Morgan fingerprint density at radius 3 is 2.38 bits per heavy atom. The number of aliphatic hydroxyl groups excluding tert-OH is 1. The average Bonchev–Trinajstić information content (AvgIpc) is 3.02. The van der Waals surface area contributed by atoms with Gasteiger partial charge in [-0.15, -0.1) is 0 Å². The van der Waals surface area contributed by atoms with Crippen LogP contribution in [0.3, 0.4) is 0 Å². The third-order valence-electron chi connectivity index (χ3n) is 5.52. The first-order valence-corrected chi connectivity index (χ1v) is 10.5. The van der Waals surface area contributed by atoms with Crippen LogP contribution in [0, 0.1) is 5.92 Å². The molecule has 170 valence electrons. The summed E-state index contributed by atoms with van der Waals surface area (Å²) in [5.74, 6) is -0.269. The number of hydrogen-bond acceptors (Lipinski definition) is 6. The number of nitrogens with zero attached hydrogens (tertiary/aromatic N) is 1. The van der Waals surface area contributed by atoms with E-state index in [4.69, 9.17) is 9.47 Å². The van der Waals surface area contributed by atoms with Crippen LogP contribution in [0.5, 0.6) is 17.2 Å². The van der Waals surface area contributed by atoms with Gasteiger partial charge in [-0.2, -0.15) is 0 Å². The van der Waals surface area contributed by atoms with Crippen LogP contribution in [0.1, 0.15) is 37.4 Å². The molecule has 2 N–H and O–H groups in total. The van der Waals surface area contributed by atoms with Crippen LogP contribution in [-0.4, -0.2) is 47.6 Å². The van der Waals surface area contributed by atoms with Crippen molar-refractivity contribution in [1.29, 1.82) is 0 Å². The lowest BCUT2D eigenvalue weighted by Gasteiger charge is -2.27. The Labute approximate surface area is 187 Å². The maximum atomic E-state index is 13.0. The van der Waals surface area contributed by atoms with Gasteiger partial charge in [0.2, 0.25) is 0 Å². The van der Waals surface area contributed by atoms with E-state index in [0.29, 0.717) is 23.5 Å². The number of para-hydroxylation sites is 1. The number of Topliss-reactive ketones (excluding diaryl/α,β-unsaturated/α-hetero) is 1. The van der Waals surface area contributed by atoms with Crippen molar-refractivity contribution in [3.05, 3.63) is 64.9 Å². The number of amides is 1. The maximum Gasteiger partial charge on any atom is 0.290 e. The summed E-state index contributed by atoms with van der Waals surface area (Å²) in [6, 6.07) is 11.2. The smallest absolute Gasteiger partial charge is 0.290 e. The van der Waals surface area contributed by atoms with E-state index < -0.39 is 17.7 Å². The number of rotatable bonds is 9. The molecule has 1 aliphatic heterocycles. The van der Waals surface area contributed by atoms with Crippen LogP contribution in [0.4, 0.5) is 0 Å². The summed E-state index contributed by atoms with van der Waals surface area (Å²) in [7, 11) is 3.11. The van der Waals surface area contributed by atoms with Crippen LogP contribution >= 0.6 is 0 Å². The second-order valence-electron chi connectivity index (χ2n) is 8.18. The Morgan fingerprint density at radius 1 is 1.06 bits per heavy atom. The van der Waals surface area contributed by atoms with Gasteiger partial charge in [-0.05, 0) is 36.1 Å². The molecule has 1 atom stereocenters.